The van der Waals surface area contributed by atoms with Crippen LogP contribution in [0.15, 0.2) is 21.7 Å². The first-order valence-electron chi connectivity index (χ1n) is 8.87. The Kier molecular flexibility index (Phi) is 6.49. The molecule has 3 rings (SSSR count). The van der Waals surface area contributed by atoms with Crippen molar-refractivity contribution in [1.82, 2.24) is 20.5 Å². The molecule has 2 fully saturated rings. The van der Waals surface area contributed by atoms with E-state index < -0.39 is 10.0 Å². The molecule has 0 bridgehead atoms. The minimum Gasteiger partial charge on any atom is -0.359 e. The van der Waals surface area contributed by atoms with Gasteiger partial charge in [-0.05, 0) is 49.3 Å². The molecular weight excluding hydrogens is 392 g/mol. The Balaban J connectivity index is 1.42. The molecule has 1 aromatic rings. The van der Waals surface area contributed by atoms with Crippen molar-refractivity contribution in [3.8, 4) is 0 Å². The Morgan fingerprint density at radius 2 is 1.85 bits per heavy atom. The third kappa shape index (κ3) is 4.73. The molecule has 7 nitrogen and oxygen atoms in total. The summed E-state index contributed by atoms with van der Waals surface area (Å²) in [7, 11) is -3.43. The van der Waals surface area contributed by atoms with E-state index in [4.69, 9.17) is 12.2 Å². The smallest absolute Gasteiger partial charge is 0.252 e. The van der Waals surface area contributed by atoms with Gasteiger partial charge in [-0.3, -0.25) is 15.6 Å². The van der Waals surface area contributed by atoms with Crippen molar-refractivity contribution >= 4 is 44.6 Å². The summed E-state index contributed by atoms with van der Waals surface area (Å²) in [6.07, 6.45) is 5.63. The zero-order chi connectivity index (χ0) is 18.6. The van der Waals surface area contributed by atoms with Gasteiger partial charge in [0.25, 0.3) is 10.0 Å². The molecule has 1 saturated heterocycles. The van der Waals surface area contributed by atoms with E-state index in [2.05, 4.69) is 16.2 Å². The van der Waals surface area contributed by atoms with Gasteiger partial charge in [0.1, 0.15) is 4.21 Å². The predicted molar refractivity (Wildman–Crippen MR) is 105 cm³/mol. The molecule has 0 unspecified atom stereocenters. The first-order valence-corrected chi connectivity index (χ1v) is 11.6. The van der Waals surface area contributed by atoms with Crippen molar-refractivity contribution in [2.24, 2.45) is 5.92 Å². The standard InChI is InChI=1S/C16H24N4O3S3/c21-15(18-19-16(24)17-13-4-1-2-5-13)12-7-9-20(10-8-12)26(22,23)14-6-3-11-25-14/h3,6,11-13H,1-2,4-5,7-10H2,(H,18,21)(H2,17,19,24). The highest BCUT2D eigenvalue weighted by atomic mass is 32.2. The molecule has 1 amide bonds. The quantitative estimate of drug-likeness (QED) is 0.510. The maximum Gasteiger partial charge on any atom is 0.252 e. The van der Waals surface area contributed by atoms with Crippen molar-refractivity contribution in [2.75, 3.05) is 13.1 Å². The van der Waals surface area contributed by atoms with Gasteiger partial charge in [-0.15, -0.1) is 11.3 Å². The van der Waals surface area contributed by atoms with Crippen LogP contribution in [0.1, 0.15) is 38.5 Å². The number of nitrogens with zero attached hydrogens (tertiary/aromatic N) is 1. The number of sulfonamides is 1. The van der Waals surface area contributed by atoms with E-state index in [0.29, 0.717) is 41.3 Å². The number of thiocarbonyl (C=S) groups is 1. The summed E-state index contributed by atoms with van der Waals surface area (Å²) >= 11 is 6.41. The van der Waals surface area contributed by atoms with Crippen LogP contribution in [0.2, 0.25) is 0 Å². The van der Waals surface area contributed by atoms with Crippen LogP contribution in [0.4, 0.5) is 0 Å². The van der Waals surface area contributed by atoms with Gasteiger partial charge < -0.3 is 5.32 Å². The van der Waals surface area contributed by atoms with Gasteiger partial charge in [0.2, 0.25) is 5.91 Å². The second-order valence-corrected chi connectivity index (χ2v) is 10.2. The second kappa shape index (κ2) is 8.64. The first-order chi connectivity index (χ1) is 12.5. The lowest BCUT2D eigenvalue weighted by atomic mass is 9.98. The Labute approximate surface area is 163 Å². The highest BCUT2D eigenvalue weighted by Crippen LogP contribution is 2.26. The van der Waals surface area contributed by atoms with E-state index in [1.807, 2.05) is 0 Å². The summed E-state index contributed by atoms with van der Waals surface area (Å²) in [4.78, 5) is 12.3. The normalized spacial score (nSPS) is 20.0. The van der Waals surface area contributed by atoms with Crippen molar-refractivity contribution in [3.05, 3.63) is 17.5 Å². The van der Waals surface area contributed by atoms with Crippen LogP contribution in [0.3, 0.4) is 0 Å². The van der Waals surface area contributed by atoms with Gasteiger partial charge in [-0.25, -0.2) is 8.42 Å². The topological polar surface area (TPSA) is 90.5 Å². The van der Waals surface area contributed by atoms with E-state index in [0.717, 1.165) is 12.8 Å². The highest BCUT2D eigenvalue weighted by Gasteiger charge is 2.32. The molecule has 0 radical (unpaired) electrons. The molecule has 0 atom stereocenters. The minimum absolute atomic E-state index is 0.145. The van der Waals surface area contributed by atoms with Crippen LogP contribution in [-0.2, 0) is 14.8 Å². The number of hydrazine groups is 1. The number of carbonyl (C=O) groups is 1. The number of nitrogens with one attached hydrogen (secondary N) is 3. The molecule has 3 N–H and O–H groups in total. The molecule has 0 spiro atoms. The largest absolute Gasteiger partial charge is 0.359 e. The van der Waals surface area contributed by atoms with Crippen molar-refractivity contribution in [2.45, 2.75) is 48.8 Å². The lowest BCUT2D eigenvalue weighted by Crippen LogP contribution is -2.52. The predicted octanol–water partition coefficient (Wildman–Crippen LogP) is 1.59. The number of piperidine rings is 1. The number of hydrogen-bond donors (Lipinski definition) is 3. The van der Waals surface area contributed by atoms with Crippen LogP contribution < -0.4 is 16.2 Å². The Morgan fingerprint density at radius 3 is 2.46 bits per heavy atom. The van der Waals surface area contributed by atoms with Gasteiger partial charge >= 0.3 is 0 Å². The number of carbonyl (C=O) groups excluding carboxylic acids is 1. The average Bonchev–Trinajstić information content (AvgIpc) is 3.34. The van der Waals surface area contributed by atoms with E-state index in [1.54, 1.807) is 17.5 Å². The molecule has 1 saturated carbocycles. The third-order valence-corrected chi connectivity index (χ3v) is 8.40. The van der Waals surface area contributed by atoms with E-state index >= 15 is 0 Å². The molecule has 10 heteroatoms. The van der Waals surface area contributed by atoms with E-state index in [1.165, 1.54) is 28.5 Å². The number of rotatable bonds is 4. The third-order valence-electron chi connectivity index (χ3n) is 4.90. The van der Waals surface area contributed by atoms with Gasteiger partial charge in [0.05, 0.1) is 0 Å². The molecule has 2 heterocycles. The molecule has 2 aliphatic rings. The summed E-state index contributed by atoms with van der Waals surface area (Å²) in [5.41, 5.74) is 5.41. The van der Waals surface area contributed by atoms with E-state index in [-0.39, 0.29) is 11.8 Å². The Bertz CT molecular complexity index is 722. The van der Waals surface area contributed by atoms with Gasteiger partial charge in [-0.1, -0.05) is 18.9 Å². The van der Waals surface area contributed by atoms with Gasteiger partial charge in [0, 0.05) is 25.0 Å². The number of hydrogen-bond acceptors (Lipinski definition) is 5. The second-order valence-electron chi connectivity index (χ2n) is 6.68. The lowest BCUT2D eigenvalue weighted by Gasteiger charge is -2.30. The fourth-order valence-electron chi connectivity index (χ4n) is 3.41. The molecule has 144 valence electrons. The van der Waals surface area contributed by atoms with Crippen LogP contribution in [0.25, 0.3) is 0 Å². The van der Waals surface area contributed by atoms with E-state index in [9.17, 15) is 13.2 Å². The van der Waals surface area contributed by atoms with Gasteiger partial charge in [-0.2, -0.15) is 4.31 Å². The molecular formula is C16H24N4O3S3. The van der Waals surface area contributed by atoms with Crippen molar-refractivity contribution < 1.29 is 13.2 Å². The maximum absolute atomic E-state index is 12.5. The van der Waals surface area contributed by atoms with Crippen LogP contribution in [-0.4, -0.2) is 42.9 Å². The monoisotopic (exact) mass is 416 g/mol. The minimum atomic E-state index is -3.43. The van der Waals surface area contributed by atoms with Gasteiger partial charge in [0.15, 0.2) is 5.11 Å². The molecule has 1 aliphatic heterocycles. The molecule has 0 aromatic carbocycles. The van der Waals surface area contributed by atoms with Crippen molar-refractivity contribution in [3.63, 3.8) is 0 Å². The summed E-state index contributed by atoms with van der Waals surface area (Å²) in [5, 5.41) is 5.38. The SMILES string of the molecule is O=C(NNC(=S)NC1CCCC1)C1CCN(S(=O)(=O)c2cccs2)CC1. The maximum atomic E-state index is 12.5. The lowest BCUT2D eigenvalue weighted by molar-refractivity contribution is -0.126. The van der Waals surface area contributed by atoms with Crippen LogP contribution >= 0.6 is 23.6 Å². The zero-order valence-corrected chi connectivity index (χ0v) is 16.9. The number of thiophene rings is 1. The van der Waals surface area contributed by atoms with Crippen LogP contribution in [0, 0.1) is 5.92 Å². The summed E-state index contributed by atoms with van der Waals surface area (Å²) < 4.78 is 26.8. The van der Waals surface area contributed by atoms with Crippen LogP contribution in [0.5, 0.6) is 0 Å². The molecule has 1 aromatic heterocycles. The van der Waals surface area contributed by atoms with Crippen molar-refractivity contribution in [1.29, 1.82) is 0 Å². The summed E-state index contributed by atoms with van der Waals surface area (Å²) in [5.74, 6) is -0.361. The zero-order valence-electron chi connectivity index (χ0n) is 14.4. The highest BCUT2D eigenvalue weighted by molar-refractivity contribution is 7.91. The fourth-order valence-corrected chi connectivity index (χ4v) is 6.24. The first kappa shape index (κ1) is 19.5. The molecule has 26 heavy (non-hydrogen) atoms. The number of amides is 1. The Hall–Kier alpha value is -1.23. The Morgan fingerprint density at radius 1 is 1.15 bits per heavy atom. The molecule has 1 aliphatic carbocycles. The summed E-state index contributed by atoms with van der Waals surface area (Å²) in [6.45, 7) is 0.701. The average molecular weight is 417 g/mol. The summed E-state index contributed by atoms with van der Waals surface area (Å²) in [6, 6.07) is 3.73. The fraction of sp³-hybridized carbons (Fsp3) is 0.625.